The molecule has 40 heavy (non-hydrogen) atoms. The molecule has 0 radical (unpaired) electrons. The monoisotopic (exact) mass is 545 g/mol. The molecule has 1 N–H and O–H groups in total. The molecule has 0 atom stereocenters. The van der Waals surface area contributed by atoms with E-state index in [9.17, 15) is 19.2 Å². The van der Waals surface area contributed by atoms with Crippen molar-refractivity contribution < 1.29 is 33.4 Å². The van der Waals surface area contributed by atoms with Crippen molar-refractivity contribution in [2.24, 2.45) is 0 Å². The van der Waals surface area contributed by atoms with Gasteiger partial charge in [-0.1, -0.05) is 24.3 Å². The number of para-hydroxylation sites is 1. The molecular weight excluding hydrogens is 514 g/mol. The zero-order valence-corrected chi connectivity index (χ0v) is 23.0. The molecule has 0 fully saturated rings. The van der Waals surface area contributed by atoms with Gasteiger partial charge in [0, 0.05) is 12.6 Å². The fourth-order valence-corrected chi connectivity index (χ4v) is 4.44. The van der Waals surface area contributed by atoms with Crippen LogP contribution in [0.25, 0.3) is 0 Å². The number of Topliss-reactive ketones (excluding diaryl/α,β-unsaturated/α-hetero) is 1. The van der Waals surface area contributed by atoms with Gasteiger partial charge < -0.3 is 24.4 Å². The summed E-state index contributed by atoms with van der Waals surface area (Å²) in [6.07, 6.45) is 0. The predicted octanol–water partition coefficient (Wildman–Crippen LogP) is 3.69. The maximum Gasteiger partial charge on any atom is 0.299 e. The first kappa shape index (κ1) is 28.2. The van der Waals surface area contributed by atoms with Crippen molar-refractivity contribution in [2.75, 3.05) is 38.1 Å². The zero-order valence-electron chi connectivity index (χ0n) is 23.0. The summed E-state index contributed by atoms with van der Waals surface area (Å²) in [6.45, 7) is 2.87. The first-order chi connectivity index (χ1) is 19.1. The lowest BCUT2D eigenvalue weighted by Gasteiger charge is -2.38. The van der Waals surface area contributed by atoms with Crippen molar-refractivity contribution in [3.63, 3.8) is 0 Å². The van der Waals surface area contributed by atoms with E-state index >= 15 is 0 Å². The summed E-state index contributed by atoms with van der Waals surface area (Å²) in [5, 5.41) is 2.85. The molecule has 10 heteroatoms. The van der Waals surface area contributed by atoms with Crippen LogP contribution in [0.1, 0.15) is 29.8 Å². The third kappa shape index (κ3) is 5.47. The molecule has 0 aliphatic carbocycles. The number of hydrogen-bond acceptors (Lipinski definition) is 7. The summed E-state index contributed by atoms with van der Waals surface area (Å²) >= 11 is 0. The Morgan fingerprint density at radius 1 is 0.875 bits per heavy atom. The molecule has 3 amide bonds. The molecule has 0 saturated carbocycles. The number of ketones is 1. The van der Waals surface area contributed by atoms with Gasteiger partial charge in [-0.15, -0.1) is 0 Å². The highest BCUT2D eigenvalue weighted by Crippen LogP contribution is 2.32. The number of hydrogen-bond donors (Lipinski definition) is 1. The highest BCUT2D eigenvalue weighted by Gasteiger charge is 2.42. The molecule has 0 unspecified atom stereocenters. The molecule has 0 aromatic heterocycles. The number of carbonyl (C=O) groups excluding carboxylic acids is 4. The molecule has 3 aromatic rings. The van der Waals surface area contributed by atoms with Gasteiger partial charge in [-0.3, -0.25) is 24.1 Å². The van der Waals surface area contributed by atoms with Crippen LogP contribution in [0.3, 0.4) is 0 Å². The van der Waals surface area contributed by atoms with Crippen molar-refractivity contribution in [2.45, 2.75) is 25.9 Å². The van der Waals surface area contributed by atoms with Gasteiger partial charge in [0.25, 0.3) is 11.7 Å². The van der Waals surface area contributed by atoms with Crippen molar-refractivity contribution >= 4 is 34.9 Å². The molecule has 1 heterocycles. The highest BCUT2D eigenvalue weighted by atomic mass is 16.5. The van der Waals surface area contributed by atoms with Crippen LogP contribution >= 0.6 is 0 Å². The Kier molecular flexibility index (Phi) is 8.08. The number of amides is 3. The fraction of sp³-hybridized carbons (Fsp3) is 0.267. The molecule has 4 rings (SSSR count). The van der Waals surface area contributed by atoms with E-state index < -0.39 is 35.6 Å². The number of nitrogens with zero attached hydrogens (tertiary/aromatic N) is 2. The Balaban J connectivity index is 1.65. The van der Waals surface area contributed by atoms with Crippen molar-refractivity contribution in [1.29, 1.82) is 0 Å². The van der Waals surface area contributed by atoms with E-state index in [4.69, 9.17) is 14.2 Å². The summed E-state index contributed by atoms with van der Waals surface area (Å²) in [6, 6.07) is 18.6. The molecular formula is C30H31N3O7. The van der Waals surface area contributed by atoms with Crippen molar-refractivity contribution in [3.05, 3.63) is 77.9 Å². The molecule has 10 nitrogen and oxygen atoms in total. The maximum absolute atomic E-state index is 13.9. The maximum atomic E-state index is 13.9. The van der Waals surface area contributed by atoms with Gasteiger partial charge in [-0.25, -0.2) is 0 Å². The van der Waals surface area contributed by atoms with Crippen LogP contribution in [-0.2, 0) is 20.9 Å². The lowest BCUT2D eigenvalue weighted by molar-refractivity contribution is -0.143. The SMILES string of the molecule is COc1ccc(CN(C(=O)CN2C(=O)C(=O)c3ccccc32)C(C)(C)C(=O)Nc2ccc(OC)cc2OC)cc1. The number of carbonyl (C=O) groups is 4. The number of benzene rings is 3. The first-order valence-corrected chi connectivity index (χ1v) is 12.5. The standard InChI is InChI=1S/C30H31N3O7/c1-30(2,29(37)31-23-15-14-21(39-4)16-25(23)40-5)33(17-19-10-12-20(38-3)13-11-19)26(34)18-32-24-9-7-6-8-22(24)27(35)28(32)36/h6-16H,17-18H2,1-5H3,(H,31,37). The van der Waals surface area contributed by atoms with Crippen LogP contribution in [0.2, 0.25) is 0 Å². The van der Waals surface area contributed by atoms with Gasteiger partial charge in [-0.2, -0.15) is 0 Å². The Morgan fingerprint density at radius 2 is 1.52 bits per heavy atom. The van der Waals surface area contributed by atoms with Crippen LogP contribution in [0.15, 0.2) is 66.7 Å². The summed E-state index contributed by atoms with van der Waals surface area (Å²) in [7, 11) is 4.55. The van der Waals surface area contributed by atoms with Crippen LogP contribution in [0.4, 0.5) is 11.4 Å². The number of anilines is 2. The molecule has 1 aliphatic rings. The van der Waals surface area contributed by atoms with Crippen LogP contribution in [0, 0.1) is 0 Å². The summed E-state index contributed by atoms with van der Waals surface area (Å²) in [5.74, 6) is -0.886. The van der Waals surface area contributed by atoms with Gasteiger partial charge in [0.05, 0.1) is 38.3 Å². The summed E-state index contributed by atoms with van der Waals surface area (Å²) in [4.78, 5) is 55.4. The number of ether oxygens (including phenoxy) is 3. The van der Waals surface area contributed by atoms with Gasteiger partial charge in [-0.05, 0) is 55.8 Å². The lowest BCUT2D eigenvalue weighted by atomic mass is 9.99. The fourth-order valence-electron chi connectivity index (χ4n) is 4.44. The lowest BCUT2D eigenvalue weighted by Crippen LogP contribution is -2.57. The Hall–Kier alpha value is -4.86. The largest absolute Gasteiger partial charge is 0.497 e. The first-order valence-electron chi connectivity index (χ1n) is 12.5. The third-order valence-corrected chi connectivity index (χ3v) is 6.86. The minimum atomic E-state index is -1.39. The predicted molar refractivity (Wildman–Crippen MR) is 149 cm³/mol. The topological polar surface area (TPSA) is 114 Å². The second-order valence-corrected chi connectivity index (χ2v) is 9.64. The average molecular weight is 546 g/mol. The molecule has 0 spiro atoms. The number of methoxy groups -OCH3 is 3. The van der Waals surface area contributed by atoms with Crippen molar-refractivity contribution in [3.8, 4) is 17.2 Å². The Bertz CT molecular complexity index is 1450. The number of nitrogens with one attached hydrogen (secondary N) is 1. The quantitative estimate of drug-likeness (QED) is 0.387. The highest BCUT2D eigenvalue weighted by molar-refractivity contribution is 6.52. The Morgan fingerprint density at radius 3 is 2.17 bits per heavy atom. The molecule has 3 aromatic carbocycles. The minimum Gasteiger partial charge on any atom is -0.497 e. The molecule has 1 aliphatic heterocycles. The summed E-state index contributed by atoms with van der Waals surface area (Å²) < 4.78 is 15.9. The molecule has 208 valence electrons. The van der Waals surface area contributed by atoms with E-state index in [0.717, 1.165) is 10.5 Å². The Labute approximate surface area is 232 Å². The summed E-state index contributed by atoms with van der Waals surface area (Å²) in [5.41, 5.74) is 0.341. The normalized spacial score (nSPS) is 12.6. The van der Waals surface area contributed by atoms with Crippen LogP contribution in [0.5, 0.6) is 17.2 Å². The number of fused-ring (bicyclic) bond motifs is 1. The number of rotatable bonds is 10. The van der Waals surface area contributed by atoms with E-state index in [1.165, 1.54) is 19.1 Å². The van der Waals surface area contributed by atoms with Gasteiger partial charge in [0.2, 0.25) is 11.8 Å². The molecule has 0 bridgehead atoms. The van der Waals surface area contributed by atoms with E-state index in [1.807, 2.05) is 0 Å². The second kappa shape index (κ2) is 11.5. The zero-order chi connectivity index (χ0) is 29.0. The van der Waals surface area contributed by atoms with Crippen LogP contribution in [-0.4, -0.2) is 61.8 Å². The third-order valence-electron chi connectivity index (χ3n) is 6.86. The average Bonchev–Trinajstić information content (AvgIpc) is 3.20. The van der Waals surface area contributed by atoms with Gasteiger partial charge in [0.15, 0.2) is 0 Å². The minimum absolute atomic E-state index is 0.0562. The van der Waals surface area contributed by atoms with Crippen LogP contribution < -0.4 is 24.4 Å². The van der Waals surface area contributed by atoms with E-state index in [0.29, 0.717) is 28.6 Å². The second-order valence-electron chi connectivity index (χ2n) is 9.64. The smallest absolute Gasteiger partial charge is 0.299 e. The van der Waals surface area contributed by atoms with Gasteiger partial charge >= 0.3 is 0 Å². The van der Waals surface area contributed by atoms with E-state index in [2.05, 4.69) is 5.32 Å². The van der Waals surface area contributed by atoms with Crippen molar-refractivity contribution in [1.82, 2.24) is 4.90 Å². The van der Waals surface area contributed by atoms with E-state index in [1.54, 1.807) is 87.7 Å². The van der Waals surface area contributed by atoms with E-state index in [-0.39, 0.29) is 12.1 Å². The molecule has 0 saturated heterocycles. The van der Waals surface area contributed by atoms with Gasteiger partial charge in [0.1, 0.15) is 29.3 Å².